The first-order valence-electron chi connectivity index (χ1n) is 6.78. The molecule has 0 aromatic carbocycles. The van der Waals surface area contributed by atoms with E-state index in [1.807, 2.05) is 17.2 Å². The molecule has 1 aliphatic heterocycles. The number of nitrogens with zero attached hydrogens (tertiary/aromatic N) is 1. The summed E-state index contributed by atoms with van der Waals surface area (Å²) < 4.78 is 0. The topological polar surface area (TPSA) is 32.3 Å². The number of carbonyl (C=O) groups is 1. The Morgan fingerprint density at radius 2 is 2.37 bits per heavy atom. The maximum Gasteiger partial charge on any atom is 0.265 e. The number of amides is 1. The lowest BCUT2D eigenvalue weighted by Gasteiger charge is -2.29. The van der Waals surface area contributed by atoms with Gasteiger partial charge < -0.3 is 10.2 Å². The quantitative estimate of drug-likeness (QED) is 0.925. The normalized spacial score (nSPS) is 19.1. The van der Waals surface area contributed by atoms with Crippen LogP contribution in [0.25, 0.3) is 0 Å². The van der Waals surface area contributed by atoms with Crippen LogP contribution < -0.4 is 5.32 Å². The Bertz CT molecular complexity index is 452. The smallest absolute Gasteiger partial charge is 0.265 e. The number of rotatable bonds is 4. The summed E-state index contributed by atoms with van der Waals surface area (Å²) in [7, 11) is 0. The monoisotopic (exact) mass is 300 g/mol. The van der Waals surface area contributed by atoms with E-state index in [-0.39, 0.29) is 11.9 Å². The molecule has 1 unspecified atom stereocenters. The zero-order chi connectivity index (χ0) is 14.0. The molecule has 1 aromatic heterocycles. The highest BCUT2D eigenvalue weighted by molar-refractivity contribution is 7.13. The summed E-state index contributed by atoms with van der Waals surface area (Å²) in [5, 5.41) is 6.00. The molecule has 19 heavy (non-hydrogen) atoms. The third-order valence-electron chi connectivity index (χ3n) is 3.56. The predicted molar refractivity (Wildman–Crippen MR) is 81.3 cm³/mol. The highest BCUT2D eigenvalue weighted by Crippen LogP contribution is 2.29. The van der Waals surface area contributed by atoms with Gasteiger partial charge in [0.15, 0.2) is 0 Å². The second kappa shape index (κ2) is 6.25. The van der Waals surface area contributed by atoms with Crippen molar-refractivity contribution in [2.45, 2.75) is 45.7 Å². The summed E-state index contributed by atoms with van der Waals surface area (Å²) >= 11 is 7.66. The SMILES string of the molecule is Cc1csc(C(=O)N(CC2CCCN2)C(C)C)c1Cl. The lowest BCUT2D eigenvalue weighted by molar-refractivity contribution is 0.0694. The van der Waals surface area contributed by atoms with Crippen LogP contribution in [0, 0.1) is 6.92 Å². The number of aryl methyl sites for hydroxylation is 1. The van der Waals surface area contributed by atoms with E-state index >= 15 is 0 Å². The van der Waals surface area contributed by atoms with Gasteiger partial charge in [0.05, 0.1) is 5.02 Å². The molecule has 1 amide bonds. The van der Waals surface area contributed by atoms with Gasteiger partial charge in [0.25, 0.3) is 5.91 Å². The maximum atomic E-state index is 12.6. The molecular formula is C14H21ClN2OS. The Hall–Kier alpha value is -0.580. The third kappa shape index (κ3) is 3.30. The Balaban J connectivity index is 2.14. The standard InChI is InChI=1S/C14H21ClN2OS/c1-9(2)17(7-11-5-4-6-16-11)14(18)13-12(15)10(3)8-19-13/h8-9,11,16H,4-7H2,1-3H3. The summed E-state index contributed by atoms with van der Waals surface area (Å²) in [5.74, 6) is 0.0619. The third-order valence-corrected chi connectivity index (χ3v) is 5.24. The highest BCUT2D eigenvalue weighted by atomic mass is 35.5. The first-order valence-corrected chi connectivity index (χ1v) is 8.04. The molecule has 1 saturated heterocycles. The van der Waals surface area contributed by atoms with Crippen LogP contribution in [0.4, 0.5) is 0 Å². The van der Waals surface area contributed by atoms with Crippen molar-refractivity contribution in [2.75, 3.05) is 13.1 Å². The van der Waals surface area contributed by atoms with Crippen molar-refractivity contribution < 1.29 is 4.79 Å². The number of carbonyl (C=O) groups excluding carboxylic acids is 1. The fraction of sp³-hybridized carbons (Fsp3) is 0.643. The van der Waals surface area contributed by atoms with Crippen molar-refractivity contribution in [2.24, 2.45) is 0 Å². The fourth-order valence-electron chi connectivity index (χ4n) is 2.38. The summed E-state index contributed by atoms with van der Waals surface area (Å²) in [6, 6.07) is 0.611. The number of thiophene rings is 1. The van der Waals surface area contributed by atoms with E-state index in [1.54, 1.807) is 0 Å². The molecule has 0 radical (unpaired) electrons. The van der Waals surface area contributed by atoms with Crippen molar-refractivity contribution in [3.8, 4) is 0 Å². The Labute approximate surface area is 123 Å². The van der Waals surface area contributed by atoms with E-state index in [1.165, 1.54) is 17.8 Å². The second-order valence-electron chi connectivity index (χ2n) is 5.41. The molecule has 0 aliphatic carbocycles. The van der Waals surface area contributed by atoms with E-state index in [2.05, 4.69) is 19.2 Å². The average molecular weight is 301 g/mol. The molecule has 0 saturated carbocycles. The van der Waals surface area contributed by atoms with Gasteiger partial charge in [-0.2, -0.15) is 0 Å². The molecule has 0 spiro atoms. The largest absolute Gasteiger partial charge is 0.334 e. The van der Waals surface area contributed by atoms with Gasteiger partial charge in [-0.25, -0.2) is 0 Å². The van der Waals surface area contributed by atoms with Gasteiger partial charge in [-0.05, 0) is 51.1 Å². The molecule has 1 aliphatic rings. The van der Waals surface area contributed by atoms with Crippen molar-refractivity contribution in [3.63, 3.8) is 0 Å². The van der Waals surface area contributed by atoms with E-state index in [9.17, 15) is 4.79 Å². The minimum absolute atomic E-state index is 0.0619. The first kappa shape index (κ1) is 14.8. The number of hydrogen-bond donors (Lipinski definition) is 1. The van der Waals surface area contributed by atoms with Crippen LogP contribution in [0.15, 0.2) is 5.38 Å². The van der Waals surface area contributed by atoms with Crippen molar-refractivity contribution >= 4 is 28.8 Å². The van der Waals surface area contributed by atoms with E-state index in [4.69, 9.17) is 11.6 Å². The van der Waals surface area contributed by atoms with Crippen molar-refractivity contribution in [3.05, 3.63) is 20.8 Å². The van der Waals surface area contributed by atoms with E-state index in [0.29, 0.717) is 15.9 Å². The zero-order valence-corrected chi connectivity index (χ0v) is 13.3. The van der Waals surface area contributed by atoms with Crippen LogP contribution in [-0.4, -0.2) is 36.0 Å². The van der Waals surface area contributed by atoms with Gasteiger partial charge in [0, 0.05) is 18.6 Å². The van der Waals surface area contributed by atoms with Crippen LogP contribution in [0.2, 0.25) is 5.02 Å². The van der Waals surface area contributed by atoms with Crippen molar-refractivity contribution in [1.82, 2.24) is 10.2 Å². The molecule has 1 atom stereocenters. The van der Waals surface area contributed by atoms with Crippen LogP contribution in [0.3, 0.4) is 0 Å². The molecule has 1 fully saturated rings. The highest BCUT2D eigenvalue weighted by Gasteiger charge is 2.26. The number of halogens is 1. The fourth-order valence-corrected chi connectivity index (χ4v) is 3.61. The Kier molecular flexibility index (Phi) is 4.87. The van der Waals surface area contributed by atoms with Gasteiger partial charge in [-0.3, -0.25) is 4.79 Å². The van der Waals surface area contributed by atoms with Gasteiger partial charge in [0.2, 0.25) is 0 Å². The lowest BCUT2D eigenvalue weighted by Crippen LogP contribution is -2.44. The zero-order valence-electron chi connectivity index (χ0n) is 11.7. The Morgan fingerprint density at radius 3 is 2.84 bits per heavy atom. The minimum Gasteiger partial charge on any atom is -0.334 e. The second-order valence-corrected chi connectivity index (χ2v) is 6.66. The predicted octanol–water partition coefficient (Wildman–Crippen LogP) is 3.31. The summed E-state index contributed by atoms with van der Waals surface area (Å²) in [6.45, 7) is 7.88. The molecule has 2 rings (SSSR count). The lowest BCUT2D eigenvalue weighted by atomic mass is 10.2. The van der Waals surface area contributed by atoms with Crippen LogP contribution in [0.5, 0.6) is 0 Å². The molecule has 2 heterocycles. The Morgan fingerprint density at radius 1 is 1.63 bits per heavy atom. The summed E-state index contributed by atoms with van der Waals surface area (Å²) in [6.07, 6.45) is 2.34. The minimum atomic E-state index is 0.0619. The molecule has 106 valence electrons. The van der Waals surface area contributed by atoms with E-state index < -0.39 is 0 Å². The molecule has 3 nitrogen and oxygen atoms in total. The first-order chi connectivity index (χ1) is 9.00. The van der Waals surface area contributed by atoms with Gasteiger partial charge in [0.1, 0.15) is 4.88 Å². The van der Waals surface area contributed by atoms with Crippen molar-refractivity contribution in [1.29, 1.82) is 0 Å². The van der Waals surface area contributed by atoms with Crippen LogP contribution in [0.1, 0.15) is 41.9 Å². The number of hydrogen-bond acceptors (Lipinski definition) is 3. The van der Waals surface area contributed by atoms with Crippen LogP contribution >= 0.6 is 22.9 Å². The molecule has 5 heteroatoms. The van der Waals surface area contributed by atoms with Gasteiger partial charge in [-0.15, -0.1) is 11.3 Å². The maximum absolute atomic E-state index is 12.6. The summed E-state index contributed by atoms with van der Waals surface area (Å²) in [5.41, 5.74) is 0.984. The summed E-state index contributed by atoms with van der Waals surface area (Å²) in [4.78, 5) is 15.2. The van der Waals surface area contributed by atoms with Gasteiger partial charge >= 0.3 is 0 Å². The molecular weight excluding hydrogens is 280 g/mol. The van der Waals surface area contributed by atoms with Crippen LogP contribution in [-0.2, 0) is 0 Å². The number of nitrogens with one attached hydrogen (secondary N) is 1. The molecule has 1 N–H and O–H groups in total. The average Bonchev–Trinajstić information content (AvgIpc) is 2.97. The molecule has 0 bridgehead atoms. The van der Waals surface area contributed by atoms with Gasteiger partial charge in [-0.1, -0.05) is 11.6 Å². The van der Waals surface area contributed by atoms with E-state index in [0.717, 1.165) is 25.1 Å². The molecule has 1 aromatic rings.